The highest BCUT2D eigenvalue weighted by Crippen LogP contribution is 2.39. The molecule has 21 heavy (non-hydrogen) atoms. The first kappa shape index (κ1) is 21.1. The van der Waals surface area contributed by atoms with Crippen LogP contribution in [0.2, 0.25) is 24.7 Å². The van der Waals surface area contributed by atoms with Crippen LogP contribution in [0.25, 0.3) is 0 Å². The van der Waals surface area contributed by atoms with Crippen molar-refractivity contribution in [1.82, 2.24) is 4.57 Å². The molecule has 0 N–H and O–H groups in total. The Morgan fingerprint density at radius 3 is 1.71 bits per heavy atom. The lowest BCUT2D eigenvalue weighted by atomic mass is 10.2. The number of unbranched alkanes of at least 4 members (excludes halogenated alkanes) is 2. The van der Waals surface area contributed by atoms with Gasteiger partial charge in [0.05, 0.1) is 0 Å². The lowest BCUT2D eigenvalue weighted by molar-refractivity contribution is 0.332. The van der Waals surface area contributed by atoms with E-state index >= 15 is 0 Å². The zero-order valence-corrected chi connectivity index (χ0v) is 17.9. The Morgan fingerprint density at radius 1 is 1.00 bits per heavy atom. The van der Waals surface area contributed by atoms with Gasteiger partial charge in [0.15, 0.2) is 8.32 Å². The van der Waals surface area contributed by atoms with Crippen molar-refractivity contribution in [2.24, 2.45) is 0 Å². The van der Waals surface area contributed by atoms with Crippen LogP contribution in [0.5, 0.6) is 0 Å². The third-order valence-corrected chi connectivity index (χ3v) is 14.6. The van der Waals surface area contributed by atoms with Crippen LogP contribution >= 0.6 is 0 Å². The van der Waals surface area contributed by atoms with E-state index in [0.717, 1.165) is 13.1 Å². The molecule has 126 valence electrons. The standard InChI is InChI=1S/C17H39NOSi2/c1-10-13-15-18(16-14-11-2)21(9,12-3)19-20(7,8)17(4,5)6/h12H,3,10-11,13-16H2,1-2,4-9H3. The Labute approximate surface area is 136 Å². The first-order chi connectivity index (χ1) is 9.54. The van der Waals surface area contributed by atoms with Gasteiger partial charge in [0, 0.05) is 0 Å². The molecule has 0 aliphatic carbocycles. The van der Waals surface area contributed by atoms with E-state index in [0.29, 0.717) is 0 Å². The summed E-state index contributed by atoms with van der Waals surface area (Å²) in [5.74, 6) is 0. The first-order valence-electron chi connectivity index (χ1n) is 8.63. The minimum atomic E-state index is -2.01. The van der Waals surface area contributed by atoms with E-state index < -0.39 is 16.8 Å². The molecule has 1 atom stereocenters. The molecule has 0 aliphatic rings. The van der Waals surface area contributed by atoms with Crippen molar-refractivity contribution in [2.75, 3.05) is 13.1 Å². The maximum Gasteiger partial charge on any atom is 0.283 e. The van der Waals surface area contributed by atoms with Gasteiger partial charge in [0.25, 0.3) is 8.48 Å². The van der Waals surface area contributed by atoms with E-state index in [9.17, 15) is 0 Å². The second-order valence-electron chi connectivity index (χ2n) is 7.82. The molecule has 0 aromatic rings. The fourth-order valence-electron chi connectivity index (χ4n) is 2.16. The van der Waals surface area contributed by atoms with E-state index in [2.05, 4.69) is 71.1 Å². The Kier molecular flexibility index (Phi) is 8.69. The van der Waals surface area contributed by atoms with Gasteiger partial charge in [-0.15, -0.1) is 6.58 Å². The van der Waals surface area contributed by atoms with E-state index in [1.54, 1.807) is 0 Å². The van der Waals surface area contributed by atoms with Gasteiger partial charge < -0.3 is 4.12 Å². The van der Waals surface area contributed by atoms with Crippen molar-refractivity contribution in [2.45, 2.75) is 85.0 Å². The molecule has 4 heteroatoms. The van der Waals surface area contributed by atoms with Crippen LogP contribution in [0.4, 0.5) is 0 Å². The molecule has 0 rings (SSSR count). The highest BCUT2D eigenvalue weighted by molar-refractivity contribution is 6.87. The van der Waals surface area contributed by atoms with Crippen molar-refractivity contribution in [1.29, 1.82) is 0 Å². The van der Waals surface area contributed by atoms with Gasteiger partial charge in [-0.25, -0.2) is 0 Å². The van der Waals surface area contributed by atoms with Crippen LogP contribution in [0.15, 0.2) is 12.3 Å². The first-order valence-corrected chi connectivity index (χ1v) is 14.0. The summed E-state index contributed by atoms with van der Waals surface area (Å²) in [6.45, 7) is 25.0. The van der Waals surface area contributed by atoms with Crippen LogP contribution in [-0.4, -0.2) is 34.5 Å². The molecule has 0 fully saturated rings. The molecule has 0 aliphatic heterocycles. The summed E-state index contributed by atoms with van der Waals surface area (Å²) in [5, 5.41) is 0.255. The average Bonchev–Trinajstić information content (AvgIpc) is 2.36. The van der Waals surface area contributed by atoms with Gasteiger partial charge in [-0.2, -0.15) is 0 Å². The minimum Gasteiger partial charge on any atom is -0.441 e. The fourth-order valence-corrected chi connectivity index (χ4v) is 9.83. The lowest BCUT2D eigenvalue weighted by Gasteiger charge is -2.46. The summed E-state index contributed by atoms with van der Waals surface area (Å²) in [5.41, 5.74) is 2.15. The Bertz CT molecular complexity index is 304. The zero-order chi connectivity index (χ0) is 16.7. The Morgan fingerprint density at radius 2 is 1.43 bits per heavy atom. The summed E-state index contributed by atoms with van der Waals surface area (Å²) < 4.78 is 9.51. The number of hydrogen-bond acceptors (Lipinski definition) is 2. The quantitative estimate of drug-likeness (QED) is 0.476. The van der Waals surface area contributed by atoms with E-state index in [1.165, 1.54) is 25.7 Å². The largest absolute Gasteiger partial charge is 0.441 e. The molecule has 0 saturated heterocycles. The summed E-state index contributed by atoms with van der Waals surface area (Å²) >= 11 is 0. The van der Waals surface area contributed by atoms with Gasteiger partial charge in [0.1, 0.15) is 0 Å². The van der Waals surface area contributed by atoms with Gasteiger partial charge in [-0.3, -0.25) is 4.57 Å². The molecule has 1 unspecified atom stereocenters. The molecular formula is C17H39NOSi2. The second-order valence-corrected chi connectivity index (χ2v) is 16.3. The summed E-state index contributed by atoms with van der Waals surface area (Å²) in [6, 6.07) is 0. The smallest absolute Gasteiger partial charge is 0.283 e. The molecular weight excluding hydrogens is 290 g/mol. The molecule has 0 spiro atoms. The predicted molar refractivity (Wildman–Crippen MR) is 101 cm³/mol. The van der Waals surface area contributed by atoms with Crippen molar-refractivity contribution < 1.29 is 4.12 Å². The lowest BCUT2D eigenvalue weighted by Crippen LogP contribution is -2.60. The third-order valence-electron chi connectivity index (χ3n) is 4.84. The predicted octanol–water partition coefficient (Wildman–Crippen LogP) is 5.71. The SMILES string of the molecule is C=C[Si](C)(O[Si](C)(C)C(C)(C)C)N(CCCC)CCCC. The van der Waals surface area contributed by atoms with Crippen molar-refractivity contribution >= 4 is 16.8 Å². The summed E-state index contributed by atoms with van der Waals surface area (Å²) in [6.07, 6.45) is 4.98. The minimum absolute atomic E-state index is 0.255. The van der Waals surface area contributed by atoms with Gasteiger partial charge in [-0.1, -0.05) is 53.2 Å². The molecule has 0 radical (unpaired) electrons. The summed E-state index contributed by atoms with van der Waals surface area (Å²) in [4.78, 5) is 0. The van der Waals surface area contributed by atoms with Crippen LogP contribution in [-0.2, 0) is 4.12 Å². The van der Waals surface area contributed by atoms with Crippen LogP contribution in [0.1, 0.15) is 60.3 Å². The highest BCUT2D eigenvalue weighted by atomic mass is 28.4. The molecule has 0 amide bonds. The maximum absolute atomic E-state index is 6.88. The average molecular weight is 330 g/mol. The topological polar surface area (TPSA) is 12.5 Å². The number of nitrogens with zero attached hydrogens (tertiary/aromatic N) is 1. The Hall–Kier alpha value is 0.0938. The van der Waals surface area contributed by atoms with Crippen molar-refractivity contribution in [3.8, 4) is 0 Å². The highest BCUT2D eigenvalue weighted by Gasteiger charge is 2.45. The molecule has 0 saturated carbocycles. The Balaban J connectivity index is 5.19. The van der Waals surface area contributed by atoms with Gasteiger partial charge in [-0.05, 0) is 50.6 Å². The van der Waals surface area contributed by atoms with E-state index in [-0.39, 0.29) is 5.04 Å². The maximum atomic E-state index is 6.88. The summed E-state index contributed by atoms with van der Waals surface area (Å²) in [7, 11) is -3.77. The van der Waals surface area contributed by atoms with Crippen molar-refractivity contribution in [3.63, 3.8) is 0 Å². The third kappa shape index (κ3) is 6.39. The number of hydrogen-bond donors (Lipinski definition) is 0. The van der Waals surface area contributed by atoms with E-state index in [4.69, 9.17) is 4.12 Å². The van der Waals surface area contributed by atoms with Crippen LogP contribution in [0, 0.1) is 0 Å². The van der Waals surface area contributed by atoms with Crippen LogP contribution in [0.3, 0.4) is 0 Å². The van der Waals surface area contributed by atoms with Crippen LogP contribution < -0.4 is 0 Å². The monoisotopic (exact) mass is 329 g/mol. The van der Waals surface area contributed by atoms with Gasteiger partial charge in [0.2, 0.25) is 0 Å². The van der Waals surface area contributed by atoms with E-state index in [1.807, 2.05) is 0 Å². The molecule has 0 heterocycles. The van der Waals surface area contributed by atoms with Gasteiger partial charge >= 0.3 is 0 Å². The number of rotatable bonds is 10. The normalized spacial score (nSPS) is 16.0. The molecule has 0 aromatic carbocycles. The molecule has 0 aromatic heterocycles. The second kappa shape index (κ2) is 8.65. The fraction of sp³-hybridized carbons (Fsp3) is 0.882. The molecule has 0 bridgehead atoms. The van der Waals surface area contributed by atoms with Crippen molar-refractivity contribution in [3.05, 3.63) is 12.3 Å². The molecule has 2 nitrogen and oxygen atoms in total. The zero-order valence-electron chi connectivity index (χ0n) is 15.9.